The molecule has 0 bridgehead atoms. The molecule has 1 saturated heterocycles. The summed E-state index contributed by atoms with van der Waals surface area (Å²) in [6, 6.07) is 8.48. The molecule has 1 aliphatic heterocycles. The van der Waals surface area contributed by atoms with Gasteiger partial charge in [0, 0.05) is 11.3 Å². The molecule has 1 aromatic carbocycles. The summed E-state index contributed by atoms with van der Waals surface area (Å²) in [5.41, 5.74) is 0.338. The summed E-state index contributed by atoms with van der Waals surface area (Å²) in [4.78, 5) is 4.19. The molecule has 4 atom stereocenters. The van der Waals surface area contributed by atoms with Crippen LogP contribution in [0.15, 0.2) is 42.6 Å². The third kappa shape index (κ3) is 5.04. The largest absolute Gasteiger partial charge is 0.573 e. The molecule has 0 radical (unpaired) electrons. The molecule has 27 heavy (non-hydrogen) atoms. The van der Waals surface area contributed by atoms with E-state index in [2.05, 4.69) is 9.72 Å². The summed E-state index contributed by atoms with van der Waals surface area (Å²) in [6.07, 6.45) is -6.90. The van der Waals surface area contributed by atoms with Crippen molar-refractivity contribution in [3.8, 4) is 22.8 Å². The Labute approximate surface area is 156 Å². The minimum Gasteiger partial charge on any atom is -0.475 e. The molecule has 1 fully saturated rings. The van der Waals surface area contributed by atoms with Gasteiger partial charge in [-0.2, -0.15) is 0 Å². The third-order valence-corrected chi connectivity index (χ3v) is 5.06. The number of rotatable bonds is 4. The van der Waals surface area contributed by atoms with E-state index in [1.165, 1.54) is 42.2 Å². The molecule has 3 rings (SSSR count). The summed E-state index contributed by atoms with van der Waals surface area (Å²) in [5.74, 6) is 0.243. The van der Waals surface area contributed by atoms with Crippen LogP contribution in [-0.2, 0) is 0 Å². The van der Waals surface area contributed by atoms with Gasteiger partial charge in [0.05, 0.1) is 18.0 Å². The van der Waals surface area contributed by atoms with E-state index in [0.717, 1.165) is 0 Å². The van der Waals surface area contributed by atoms with E-state index in [0.29, 0.717) is 17.0 Å². The Morgan fingerprint density at radius 1 is 0.963 bits per heavy atom. The Hall–Kier alpha value is -2.01. The SMILES string of the molecule is O[C@@H]1[C@@H](O)[C@H](Oc2ccc(-c3ccc(OC(F)(F)F)cc3)nc2)SC[C@H]1O. The monoisotopic (exact) mass is 403 g/mol. The van der Waals surface area contributed by atoms with E-state index in [4.69, 9.17) is 4.74 Å². The van der Waals surface area contributed by atoms with Crippen molar-refractivity contribution in [1.82, 2.24) is 4.98 Å². The summed E-state index contributed by atoms with van der Waals surface area (Å²) < 4.78 is 45.9. The summed E-state index contributed by atoms with van der Waals surface area (Å²) in [6.45, 7) is 0. The quantitative estimate of drug-likeness (QED) is 0.721. The van der Waals surface area contributed by atoms with Crippen molar-refractivity contribution in [1.29, 1.82) is 0 Å². The van der Waals surface area contributed by atoms with Crippen LogP contribution in [0.25, 0.3) is 11.3 Å². The molecule has 0 amide bonds. The zero-order chi connectivity index (χ0) is 19.6. The zero-order valence-corrected chi connectivity index (χ0v) is 14.5. The van der Waals surface area contributed by atoms with E-state index < -0.39 is 30.1 Å². The average Bonchev–Trinajstić information content (AvgIpc) is 2.62. The van der Waals surface area contributed by atoms with Crippen LogP contribution >= 0.6 is 11.8 Å². The van der Waals surface area contributed by atoms with Gasteiger partial charge in [-0.15, -0.1) is 24.9 Å². The van der Waals surface area contributed by atoms with Gasteiger partial charge in [-0.1, -0.05) is 0 Å². The molecule has 0 spiro atoms. The van der Waals surface area contributed by atoms with Crippen molar-refractivity contribution in [2.75, 3.05) is 5.75 Å². The highest BCUT2D eigenvalue weighted by Gasteiger charge is 2.38. The predicted molar refractivity (Wildman–Crippen MR) is 91.3 cm³/mol. The lowest BCUT2D eigenvalue weighted by molar-refractivity contribution is -0.274. The van der Waals surface area contributed by atoms with Crippen LogP contribution in [-0.4, -0.2) is 56.2 Å². The fourth-order valence-corrected chi connectivity index (χ4v) is 3.59. The van der Waals surface area contributed by atoms with E-state index in [1.54, 1.807) is 12.1 Å². The van der Waals surface area contributed by atoms with Gasteiger partial charge in [0.25, 0.3) is 0 Å². The highest BCUT2D eigenvalue weighted by Crippen LogP contribution is 2.30. The number of thioether (sulfide) groups is 1. The van der Waals surface area contributed by atoms with Crippen molar-refractivity contribution < 1.29 is 38.0 Å². The maximum Gasteiger partial charge on any atom is 0.573 e. The molecule has 0 unspecified atom stereocenters. The molecule has 0 aliphatic carbocycles. The van der Waals surface area contributed by atoms with Crippen molar-refractivity contribution >= 4 is 11.8 Å². The van der Waals surface area contributed by atoms with Crippen LogP contribution in [0, 0.1) is 0 Å². The lowest BCUT2D eigenvalue weighted by atomic mass is 10.1. The van der Waals surface area contributed by atoms with Crippen LogP contribution in [0.4, 0.5) is 13.2 Å². The molecule has 1 aliphatic rings. The number of aromatic nitrogens is 1. The van der Waals surface area contributed by atoms with Crippen LogP contribution in [0.2, 0.25) is 0 Å². The number of halogens is 3. The lowest BCUT2D eigenvalue weighted by Crippen LogP contribution is -2.50. The molecule has 146 valence electrons. The van der Waals surface area contributed by atoms with Gasteiger partial charge in [-0.3, -0.25) is 4.98 Å². The Morgan fingerprint density at radius 3 is 2.22 bits per heavy atom. The molecule has 0 saturated carbocycles. The van der Waals surface area contributed by atoms with E-state index in [1.807, 2.05) is 0 Å². The first-order valence-electron chi connectivity index (χ1n) is 7.87. The standard InChI is InChI=1S/C17H16F3NO5S/c18-17(19,20)26-10-3-1-9(2-4-10)12-6-5-11(7-21-12)25-16-15(24)14(23)13(22)8-27-16/h1-7,13-16,22-24H,8H2/t13-,14+,15-,16-/m1/s1. The highest BCUT2D eigenvalue weighted by molar-refractivity contribution is 7.99. The van der Waals surface area contributed by atoms with Crippen molar-refractivity contribution in [3.05, 3.63) is 42.6 Å². The Morgan fingerprint density at radius 2 is 1.63 bits per heavy atom. The van der Waals surface area contributed by atoms with E-state index in [-0.39, 0.29) is 11.5 Å². The van der Waals surface area contributed by atoms with Crippen LogP contribution < -0.4 is 9.47 Å². The number of aliphatic hydroxyl groups is 3. The van der Waals surface area contributed by atoms with Gasteiger partial charge < -0.3 is 24.8 Å². The number of benzene rings is 1. The third-order valence-electron chi connectivity index (χ3n) is 3.83. The van der Waals surface area contributed by atoms with E-state index >= 15 is 0 Å². The van der Waals surface area contributed by atoms with Gasteiger partial charge in [0.1, 0.15) is 23.7 Å². The summed E-state index contributed by atoms with van der Waals surface area (Å²) >= 11 is 1.17. The Kier molecular flexibility index (Phi) is 5.80. The first-order valence-corrected chi connectivity index (χ1v) is 8.92. The fraction of sp³-hybridized carbons (Fsp3) is 0.353. The number of nitrogens with zero attached hydrogens (tertiary/aromatic N) is 1. The van der Waals surface area contributed by atoms with Crippen LogP contribution in [0.1, 0.15) is 0 Å². The average molecular weight is 403 g/mol. The molecule has 6 nitrogen and oxygen atoms in total. The second-order valence-corrected chi connectivity index (χ2v) is 6.95. The second-order valence-electron chi connectivity index (χ2n) is 5.82. The molecule has 3 N–H and O–H groups in total. The van der Waals surface area contributed by atoms with Crippen molar-refractivity contribution in [2.45, 2.75) is 30.1 Å². The molecular formula is C17H16F3NO5S. The second kappa shape index (κ2) is 7.93. The Balaban J connectivity index is 1.65. The Bertz CT molecular complexity index is 757. The maximum absolute atomic E-state index is 12.2. The van der Waals surface area contributed by atoms with Gasteiger partial charge in [0.15, 0.2) is 5.44 Å². The van der Waals surface area contributed by atoms with Gasteiger partial charge in [0.2, 0.25) is 0 Å². The molecule has 2 heterocycles. The highest BCUT2D eigenvalue weighted by atomic mass is 32.2. The van der Waals surface area contributed by atoms with Gasteiger partial charge >= 0.3 is 6.36 Å². The number of aliphatic hydroxyl groups excluding tert-OH is 3. The summed E-state index contributed by atoms with van der Waals surface area (Å²) in [7, 11) is 0. The van der Waals surface area contributed by atoms with Crippen LogP contribution in [0.3, 0.4) is 0 Å². The predicted octanol–water partition coefficient (Wildman–Crippen LogP) is 2.18. The number of hydrogen-bond acceptors (Lipinski definition) is 7. The molecule has 10 heteroatoms. The normalized spacial score (nSPS) is 25.9. The number of hydrogen-bond donors (Lipinski definition) is 3. The number of alkyl halides is 3. The fourth-order valence-electron chi connectivity index (χ4n) is 2.47. The first kappa shape index (κ1) is 19.7. The zero-order valence-electron chi connectivity index (χ0n) is 13.7. The minimum absolute atomic E-state index is 0.223. The topological polar surface area (TPSA) is 92.0 Å². The van der Waals surface area contributed by atoms with Crippen LogP contribution in [0.5, 0.6) is 11.5 Å². The maximum atomic E-state index is 12.2. The first-order chi connectivity index (χ1) is 12.7. The smallest absolute Gasteiger partial charge is 0.475 e. The molecule has 1 aromatic heterocycles. The lowest BCUT2D eigenvalue weighted by Gasteiger charge is -2.34. The van der Waals surface area contributed by atoms with Gasteiger partial charge in [-0.25, -0.2) is 0 Å². The molecular weight excluding hydrogens is 387 g/mol. The van der Waals surface area contributed by atoms with Gasteiger partial charge in [-0.05, 0) is 36.4 Å². The van der Waals surface area contributed by atoms with Crippen molar-refractivity contribution in [3.63, 3.8) is 0 Å². The van der Waals surface area contributed by atoms with E-state index in [9.17, 15) is 28.5 Å². The molecule has 2 aromatic rings. The number of ether oxygens (including phenoxy) is 2. The summed E-state index contributed by atoms with van der Waals surface area (Å²) in [5, 5.41) is 29.1. The minimum atomic E-state index is -4.75. The van der Waals surface area contributed by atoms with Crippen molar-refractivity contribution in [2.24, 2.45) is 0 Å². The number of pyridine rings is 1.